The van der Waals surface area contributed by atoms with Crippen molar-refractivity contribution in [1.82, 2.24) is 9.29 Å². The van der Waals surface area contributed by atoms with Gasteiger partial charge in [0.2, 0.25) is 10.0 Å². The lowest BCUT2D eigenvalue weighted by molar-refractivity contribution is -0.187. The Bertz CT molecular complexity index is 817. The molecule has 7 nitrogen and oxygen atoms in total. The fourth-order valence-electron chi connectivity index (χ4n) is 2.46. The molecule has 0 unspecified atom stereocenters. The number of alkyl halides is 3. The highest BCUT2D eigenvalue weighted by Crippen LogP contribution is 2.39. The molecule has 1 aromatic rings. The molecule has 2 rings (SSSR count). The summed E-state index contributed by atoms with van der Waals surface area (Å²) in [6, 6.07) is 2.75. The van der Waals surface area contributed by atoms with Crippen LogP contribution in [-0.2, 0) is 14.8 Å². The number of halogens is 3. The Morgan fingerprint density at radius 2 is 2.08 bits per heavy atom. The van der Waals surface area contributed by atoms with Gasteiger partial charge in [0.1, 0.15) is 11.0 Å². The van der Waals surface area contributed by atoms with Gasteiger partial charge < -0.3 is 5.11 Å². The molecule has 1 aromatic heterocycles. The number of pyridine rings is 1. The Morgan fingerprint density at radius 3 is 2.54 bits per heavy atom. The first-order chi connectivity index (χ1) is 11.0. The molecule has 1 fully saturated rings. The number of nitrogens with zero attached hydrogens (tertiary/aromatic N) is 3. The van der Waals surface area contributed by atoms with E-state index in [2.05, 4.69) is 4.98 Å². The van der Waals surface area contributed by atoms with Crippen LogP contribution in [0.3, 0.4) is 0 Å². The summed E-state index contributed by atoms with van der Waals surface area (Å²) in [6.07, 6.45) is -3.90. The van der Waals surface area contributed by atoms with Crippen LogP contribution in [0.5, 0.6) is 0 Å². The molecule has 24 heavy (non-hydrogen) atoms. The number of rotatable bonds is 3. The fraction of sp³-hybridized carbons (Fsp3) is 0.462. The zero-order chi connectivity index (χ0) is 18.3. The minimum absolute atomic E-state index is 0.0302. The summed E-state index contributed by atoms with van der Waals surface area (Å²) in [4.78, 5) is 14.3. The lowest BCUT2D eigenvalue weighted by Gasteiger charge is -2.18. The molecule has 1 aliphatic rings. The first-order valence-electron chi connectivity index (χ1n) is 6.65. The van der Waals surface area contributed by atoms with E-state index < -0.39 is 52.0 Å². The second-order valence-corrected chi connectivity index (χ2v) is 7.27. The third-order valence-corrected chi connectivity index (χ3v) is 5.64. The van der Waals surface area contributed by atoms with Gasteiger partial charge in [-0.05, 0) is 13.0 Å². The van der Waals surface area contributed by atoms with Crippen LogP contribution in [0.4, 0.5) is 13.2 Å². The molecule has 0 amide bonds. The number of sulfonamides is 1. The van der Waals surface area contributed by atoms with Gasteiger partial charge in [-0.25, -0.2) is 8.42 Å². The van der Waals surface area contributed by atoms with E-state index >= 15 is 0 Å². The molecule has 0 radical (unpaired) electrons. The molecule has 2 heterocycles. The van der Waals surface area contributed by atoms with Crippen molar-refractivity contribution < 1.29 is 31.5 Å². The molecule has 0 aromatic carbocycles. The van der Waals surface area contributed by atoms with Crippen molar-refractivity contribution in [3.05, 3.63) is 23.5 Å². The largest absolute Gasteiger partial charge is 0.481 e. The first kappa shape index (κ1) is 18.2. The van der Waals surface area contributed by atoms with E-state index in [1.165, 1.54) is 6.92 Å². The lowest BCUT2D eigenvalue weighted by atomic mass is 9.96. The SMILES string of the molecule is Cc1ncc(S(=O)(=O)N2C[C@@H](C(F)(F)F)[C@H](C(=O)O)C2)cc1C#N. The Labute approximate surface area is 135 Å². The van der Waals surface area contributed by atoms with Crippen LogP contribution >= 0.6 is 0 Å². The molecule has 11 heteroatoms. The zero-order valence-corrected chi connectivity index (χ0v) is 13.1. The molecular weight excluding hydrogens is 351 g/mol. The summed E-state index contributed by atoms with van der Waals surface area (Å²) in [7, 11) is -4.39. The van der Waals surface area contributed by atoms with Crippen LogP contribution in [0.2, 0.25) is 0 Å². The van der Waals surface area contributed by atoms with Crippen molar-refractivity contribution in [3.8, 4) is 6.07 Å². The summed E-state index contributed by atoms with van der Waals surface area (Å²) in [6.45, 7) is -0.304. The van der Waals surface area contributed by atoms with E-state index in [-0.39, 0.29) is 11.3 Å². The van der Waals surface area contributed by atoms with Crippen molar-refractivity contribution in [3.63, 3.8) is 0 Å². The van der Waals surface area contributed by atoms with Crippen LogP contribution in [0.15, 0.2) is 17.2 Å². The molecule has 0 saturated carbocycles. The predicted molar refractivity (Wildman–Crippen MR) is 73.1 cm³/mol. The minimum Gasteiger partial charge on any atom is -0.481 e. The van der Waals surface area contributed by atoms with E-state index in [0.717, 1.165) is 12.3 Å². The highest BCUT2D eigenvalue weighted by atomic mass is 32.2. The number of carboxylic acids is 1. The highest BCUT2D eigenvalue weighted by Gasteiger charge is 2.55. The monoisotopic (exact) mass is 363 g/mol. The second kappa shape index (κ2) is 6.03. The van der Waals surface area contributed by atoms with Gasteiger partial charge in [-0.3, -0.25) is 9.78 Å². The molecular formula is C13H12F3N3O4S. The summed E-state index contributed by atoms with van der Waals surface area (Å²) < 4.78 is 64.3. The molecule has 130 valence electrons. The number of carboxylic acid groups (broad SMARTS) is 1. The average Bonchev–Trinajstić information content (AvgIpc) is 2.93. The fourth-order valence-corrected chi connectivity index (χ4v) is 3.93. The smallest absolute Gasteiger partial charge is 0.393 e. The van der Waals surface area contributed by atoms with Crippen LogP contribution in [0, 0.1) is 30.1 Å². The maximum atomic E-state index is 13.0. The van der Waals surface area contributed by atoms with Gasteiger partial charge in [0.05, 0.1) is 23.1 Å². The van der Waals surface area contributed by atoms with Gasteiger partial charge in [0.25, 0.3) is 0 Å². The summed E-state index contributed by atoms with van der Waals surface area (Å²) >= 11 is 0. The molecule has 2 atom stereocenters. The van der Waals surface area contributed by atoms with Gasteiger partial charge in [-0.2, -0.15) is 22.7 Å². The standard InChI is InChI=1S/C13H12F3N3O4S/c1-7-8(3-17)2-9(4-18-7)24(22,23)19-5-10(12(20)21)11(6-19)13(14,15)16/h2,4,10-11H,5-6H2,1H3,(H,20,21)/t10-,11-/m1/s1. The topological polar surface area (TPSA) is 111 Å². The van der Waals surface area contributed by atoms with Crippen molar-refractivity contribution in [2.45, 2.75) is 18.0 Å². The predicted octanol–water partition coefficient (Wildman–Crippen LogP) is 1.15. The summed E-state index contributed by atoms with van der Waals surface area (Å²) in [5.41, 5.74) is 0.242. The van der Waals surface area contributed by atoms with E-state index in [9.17, 15) is 26.4 Å². The Morgan fingerprint density at radius 1 is 1.46 bits per heavy atom. The average molecular weight is 363 g/mol. The number of aryl methyl sites for hydroxylation is 1. The minimum atomic E-state index is -4.84. The van der Waals surface area contributed by atoms with Crippen LogP contribution in [-0.4, -0.2) is 48.0 Å². The number of carbonyl (C=O) groups is 1. The Hall–Kier alpha value is -2.19. The summed E-state index contributed by atoms with van der Waals surface area (Å²) in [5.74, 6) is -5.89. The second-order valence-electron chi connectivity index (χ2n) is 5.33. The lowest BCUT2D eigenvalue weighted by Crippen LogP contribution is -2.34. The van der Waals surface area contributed by atoms with E-state index in [1.54, 1.807) is 6.07 Å². The normalized spacial score (nSPS) is 22.3. The molecule has 1 aliphatic heterocycles. The molecule has 0 spiro atoms. The van der Waals surface area contributed by atoms with Crippen molar-refractivity contribution in [2.24, 2.45) is 11.8 Å². The summed E-state index contributed by atoms with van der Waals surface area (Å²) in [5, 5.41) is 17.9. The number of hydrogen-bond acceptors (Lipinski definition) is 5. The number of hydrogen-bond donors (Lipinski definition) is 1. The van der Waals surface area contributed by atoms with Crippen LogP contribution < -0.4 is 0 Å². The van der Waals surface area contributed by atoms with Crippen LogP contribution in [0.1, 0.15) is 11.3 Å². The first-order valence-corrected chi connectivity index (χ1v) is 8.09. The van der Waals surface area contributed by atoms with Crippen molar-refractivity contribution in [1.29, 1.82) is 5.26 Å². The van der Waals surface area contributed by atoms with Crippen LogP contribution in [0.25, 0.3) is 0 Å². The van der Waals surface area contributed by atoms with Crippen molar-refractivity contribution in [2.75, 3.05) is 13.1 Å². The zero-order valence-electron chi connectivity index (χ0n) is 12.3. The van der Waals surface area contributed by atoms with Gasteiger partial charge in [0, 0.05) is 19.3 Å². The third kappa shape index (κ3) is 3.20. The number of aliphatic carboxylic acids is 1. The molecule has 0 aliphatic carbocycles. The quantitative estimate of drug-likeness (QED) is 0.862. The third-order valence-electron chi connectivity index (χ3n) is 3.84. The molecule has 1 N–H and O–H groups in total. The van der Waals surface area contributed by atoms with Gasteiger partial charge in [-0.15, -0.1) is 0 Å². The maximum absolute atomic E-state index is 13.0. The Balaban J connectivity index is 2.41. The van der Waals surface area contributed by atoms with E-state index in [4.69, 9.17) is 10.4 Å². The number of aromatic nitrogens is 1. The molecule has 0 bridgehead atoms. The number of nitriles is 1. The van der Waals surface area contributed by atoms with Crippen molar-refractivity contribution >= 4 is 16.0 Å². The maximum Gasteiger partial charge on any atom is 0.393 e. The van der Waals surface area contributed by atoms with E-state index in [1.807, 2.05) is 0 Å². The van der Waals surface area contributed by atoms with Gasteiger partial charge in [0.15, 0.2) is 0 Å². The molecule has 1 saturated heterocycles. The van der Waals surface area contributed by atoms with Gasteiger partial charge in [-0.1, -0.05) is 0 Å². The van der Waals surface area contributed by atoms with E-state index in [0.29, 0.717) is 4.31 Å². The Kier molecular flexibility index (Phi) is 4.56. The van der Waals surface area contributed by atoms with Gasteiger partial charge >= 0.3 is 12.1 Å². The highest BCUT2D eigenvalue weighted by molar-refractivity contribution is 7.89.